The van der Waals surface area contributed by atoms with Crippen LogP contribution in [0.4, 0.5) is 26.3 Å². The zero-order chi connectivity index (χ0) is 28.7. The molecule has 0 aliphatic carbocycles. The van der Waals surface area contributed by atoms with E-state index in [-0.39, 0.29) is 28.7 Å². The van der Waals surface area contributed by atoms with Crippen molar-refractivity contribution >= 4 is 17.4 Å². The van der Waals surface area contributed by atoms with Gasteiger partial charge in [0.1, 0.15) is 11.4 Å². The SMILES string of the molecule is O=C(c1nnn(Cc2cc(C(F)(F)F)cc(C(F)(F)F)c2)c1-c1ccccc1)c1[nH]ncc1-c1ccccc1Cl. The number of rotatable bonds is 6. The lowest BCUT2D eigenvalue weighted by Gasteiger charge is -2.15. The van der Waals surface area contributed by atoms with Crippen molar-refractivity contribution in [3.05, 3.63) is 112 Å². The van der Waals surface area contributed by atoms with Crippen molar-refractivity contribution in [2.75, 3.05) is 0 Å². The number of carbonyl (C=O) groups is 1. The Morgan fingerprint density at radius 1 is 0.850 bits per heavy atom. The molecule has 0 saturated carbocycles. The lowest BCUT2D eigenvalue weighted by Crippen LogP contribution is -2.13. The molecule has 1 N–H and O–H groups in total. The largest absolute Gasteiger partial charge is 0.416 e. The van der Waals surface area contributed by atoms with Gasteiger partial charge in [0.05, 0.1) is 23.9 Å². The first-order chi connectivity index (χ1) is 18.9. The number of H-pyrrole nitrogens is 1. The van der Waals surface area contributed by atoms with Gasteiger partial charge >= 0.3 is 12.4 Å². The van der Waals surface area contributed by atoms with Gasteiger partial charge in [-0.25, -0.2) is 4.68 Å². The molecule has 0 atom stereocenters. The predicted molar refractivity (Wildman–Crippen MR) is 133 cm³/mol. The van der Waals surface area contributed by atoms with Crippen molar-refractivity contribution in [3.63, 3.8) is 0 Å². The molecule has 0 aliphatic heterocycles. The number of hydrogen-bond donors (Lipinski definition) is 1. The number of alkyl halides is 6. The van der Waals surface area contributed by atoms with Crippen LogP contribution in [0.5, 0.6) is 0 Å². The fourth-order valence-corrected chi connectivity index (χ4v) is 4.44. The van der Waals surface area contributed by atoms with Gasteiger partial charge in [0.25, 0.3) is 0 Å². The van der Waals surface area contributed by atoms with Gasteiger partial charge in [-0.1, -0.05) is 65.3 Å². The standard InChI is InChI=1S/C27H16ClF6N5O/c28-21-9-5-4-8-19(21)20-13-35-36-22(20)25(40)23-24(16-6-2-1-3-7-16)39(38-37-23)14-15-10-17(26(29,30)31)12-18(11-15)27(32,33)34/h1-13H,14H2,(H,35,36). The van der Waals surface area contributed by atoms with E-state index in [2.05, 4.69) is 20.5 Å². The van der Waals surface area contributed by atoms with E-state index in [0.29, 0.717) is 33.8 Å². The van der Waals surface area contributed by atoms with Gasteiger partial charge in [-0.2, -0.15) is 31.4 Å². The van der Waals surface area contributed by atoms with Crippen molar-refractivity contribution < 1.29 is 31.1 Å². The predicted octanol–water partition coefficient (Wildman–Crippen LogP) is 7.31. The maximum Gasteiger partial charge on any atom is 0.416 e. The number of nitrogens with one attached hydrogen (secondary N) is 1. The Labute approximate surface area is 227 Å². The molecule has 3 aromatic carbocycles. The summed E-state index contributed by atoms with van der Waals surface area (Å²) in [4.78, 5) is 13.7. The van der Waals surface area contributed by atoms with Crippen molar-refractivity contribution in [1.82, 2.24) is 25.2 Å². The second kappa shape index (κ2) is 10.3. The molecule has 0 unspecified atom stereocenters. The second-order valence-electron chi connectivity index (χ2n) is 8.69. The van der Waals surface area contributed by atoms with Crippen LogP contribution in [0.25, 0.3) is 22.4 Å². The monoisotopic (exact) mass is 575 g/mol. The third kappa shape index (κ3) is 5.34. The number of hydrogen-bond acceptors (Lipinski definition) is 4. The summed E-state index contributed by atoms with van der Waals surface area (Å²) < 4.78 is 81.6. The molecule has 5 rings (SSSR count). The molecule has 0 radical (unpaired) electrons. The van der Waals surface area contributed by atoms with Gasteiger partial charge in [0.2, 0.25) is 5.78 Å². The van der Waals surface area contributed by atoms with E-state index in [1.54, 1.807) is 54.6 Å². The Morgan fingerprint density at radius 2 is 1.48 bits per heavy atom. The number of benzene rings is 3. The van der Waals surface area contributed by atoms with Gasteiger partial charge in [0, 0.05) is 21.7 Å². The summed E-state index contributed by atoms with van der Waals surface area (Å²) in [5.41, 5.74) is -2.03. The molecule has 204 valence electrons. The van der Waals surface area contributed by atoms with Crippen molar-refractivity contribution in [3.8, 4) is 22.4 Å². The summed E-state index contributed by atoms with van der Waals surface area (Å²) in [6, 6.07) is 16.2. The molecular formula is C27H16ClF6N5O. The van der Waals surface area contributed by atoms with Crippen LogP contribution in [-0.2, 0) is 18.9 Å². The van der Waals surface area contributed by atoms with Gasteiger partial charge < -0.3 is 0 Å². The van der Waals surface area contributed by atoms with E-state index in [9.17, 15) is 31.1 Å². The highest BCUT2D eigenvalue weighted by molar-refractivity contribution is 6.33. The smallest absolute Gasteiger partial charge is 0.285 e. The maximum absolute atomic E-state index is 13.7. The lowest BCUT2D eigenvalue weighted by molar-refractivity contribution is -0.143. The molecule has 0 fully saturated rings. The third-order valence-electron chi connectivity index (χ3n) is 6.01. The second-order valence-corrected chi connectivity index (χ2v) is 9.10. The highest BCUT2D eigenvalue weighted by atomic mass is 35.5. The molecular weight excluding hydrogens is 560 g/mol. The molecule has 13 heteroatoms. The Bertz CT molecular complexity index is 1660. The van der Waals surface area contributed by atoms with Gasteiger partial charge in [0.15, 0.2) is 5.69 Å². The molecule has 2 heterocycles. The third-order valence-corrected chi connectivity index (χ3v) is 6.34. The Hall–Kier alpha value is -4.45. The minimum atomic E-state index is -5.02. The van der Waals surface area contributed by atoms with Crippen LogP contribution in [0.1, 0.15) is 32.9 Å². The Morgan fingerprint density at radius 3 is 2.10 bits per heavy atom. The van der Waals surface area contributed by atoms with Crippen LogP contribution in [0, 0.1) is 0 Å². The maximum atomic E-state index is 13.7. The summed E-state index contributed by atoms with van der Waals surface area (Å²) in [6.07, 6.45) is -8.63. The van der Waals surface area contributed by atoms with Gasteiger partial charge in [-0.3, -0.25) is 9.89 Å². The van der Waals surface area contributed by atoms with E-state index < -0.39 is 35.8 Å². The van der Waals surface area contributed by atoms with Crippen molar-refractivity contribution in [1.29, 1.82) is 0 Å². The van der Waals surface area contributed by atoms with Gasteiger partial charge in [-0.15, -0.1) is 5.10 Å². The van der Waals surface area contributed by atoms with Crippen LogP contribution in [0.15, 0.2) is 79.0 Å². The summed E-state index contributed by atoms with van der Waals surface area (Å²) in [5.74, 6) is -0.655. The van der Waals surface area contributed by atoms with Crippen LogP contribution in [0.2, 0.25) is 5.02 Å². The first-order valence-electron chi connectivity index (χ1n) is 11.5. The minimum absolute atomic E-state index is 0.0238. The average molecular weight is 576 g/mol. The van der Waals surface area contributed by atoms with Crippen LogP contribution < -0.4 is 0 Å². The van der Waals surface area contributed by atoms with Crippen LogP contribution in [-0.4, -0.2) is 31.0 Å². The number of nitrogens with zero attached hydrogens (tertiary/aromatic N) is 4. The first-order valence-corrected chi connectivity index (χ1v) is 11.9. The van der Waals surface area contributed by atoms with Crippen molar-refractivity contribution in [2.24, 2.45) is 0 Å². The quantitative estimate of drug-likeness (QED) is 0.170. The topological polar surface area (TPSA) is 76.5 Å². The molecule has 0 aliphatic rings. The lowest BCUT2D eigenvalue weighted by atomic mass is 10.0. The molecule has 5 aromatic rings. The molecule has 2 aromatic heterocycles. The number of aromatic nitrogens is 5. The van der Waals surface area contributed by atoms with Crippen LogP contribution >= 0.6 is 11.6 Å². The average Bonchev–Trinajstić information content (AvgIpc) is 3.56. The summed E-state index contributed by atoms with van der Waals surface area (Å²) in [5, 5.41) is 14.9. The zero-order valence-electron chi connectivity index (χ0n) is 20.1. The summed E-state index contributed by atoms with van der Waals surface area (Å²) >= 11 is 6.30. The van der Waals surface area contributed by atoms with E-state index >= 15 is 0 Å². The van der Waals surface area contributed by atoms with Crippen LogP contribution in [0.3, 0.4) is 0 Å². The Balaban J connectivity index is 1.62. The number of ketones is 1. The van der Waals surface area contributed by atoms with Gasteiger partial charge in [-0.05, 0) is 29.8 Å². The van der Waals surface area contributed by atoms with Crippen molar-refractivity contribution in [2.45, 2.75) is 18.9 Å². The molecule has 0 bridgehead atoms. The number of aromatic amines is 1. The van der Waals surface area contributed by atoms with E-state index in [0.717, 1.165) is 4.68 Å². The highest BCUT2D eigenvalue weighted by Crippen LogP contribution is 2.37. The fraction of sp³-hybridized carbons (Fsp3) is 0.111. The molecule has 0 saturated heterocycles. The minimum Gasteiger partial charge on any atom is -0.285 e. The first kappa shape index (κ1) is 27.1. The van der Waals surface area contributed by atoms with E-state index in [4.69, 9.17) is 11.6 Å². The number of carbonyl (C=O) groups excluding carboxylic acids is 1. The molecule has 40 heavy (non-hydrogen) atoms. The number of halogens is 7. The zero-order valence-corrected chi connectivity index (χ0v) is 20.8. The normalized spacial score (nSPS) is 12.1. The fourth-order valence-electron chi connectivity index (χ4n) is 4.20. The molecule has 0 amide bonds. The summed E-state index contributed by atoms with van der Waals surface area (Å²) in [6.45, 7) is -0.530. The molecule has 6 nitrogen and oxygen atoms in total. The molecule has 0 spiro atoms. The summed E-state index contributed by atoms with van der Waals surface area (Å²) in [7, 11) is 0. The van der Waals surface area contributed by atoms with E-state index in [1.165, 1.54) is 6.20 Å². The highest BCUT2D eigenvalue weighted by Gasteiger charge is 2.37. The Kier molecular flexibility index (Phi) is 6.96. The van der Waals surface area contributed by atoms with E-state index in [1.807, 2.05) is 0 Å².